The molecule has 1 amide bonds. The number of rotatable bonds is 14. The molecule has 3 rings (SSSR count). The van der Waals surface area contributed by atoms with Gasteiger partial charge in [0.05, 0.1) is 17.6 Å². The molecule has 6 nitrogen and oxygen atoms in total. The van der Waals surface area contributed by atoms with Crippen LogP contribution in [0.5, 0.6) is 5.75 Å². The van der Waals surface area contributed by atoms with Gasteiger partial charge in [0.15, 0.2) is 0 Å². The van der Waals surface area contributed by atoms with Gasteiger partial charge in [-0.3, -0.25) is 4.79 Å². The number of hydrogen-bond donors (Lipinski definition) is 1. The fourth-order valence-corrected chi connectivity index (χ4v) is 3.95. The van der Waals surface area contributed by atoms with Crippen LogP contribution in [0.15, 0.2) is 42.5 Å². The van der Waals surface area contributed by atoms with E-state index in [2.05, 4.69) is 28.1 Å². The average molecular weight is 472 g/mol. The monoisotopic (exact) mass is 471 g/mol. The molecular formula is C26H34ClN3O3. The first-order valence-corrected chi connectivity index (χ1v) is 12.0. The smallest absolute Gasteiger partial charge is 0.245 e. The molecule has 0 aliphatic rings. The molecule has 3 aromatic rings. The van der Waals surface area contributed by atoms with Crippen molar-refractivity contribution in [1.29, 1.82) is 0 Å². The van der Waals surface area contributed by atoms with E-state index in [-0.39, 0.29) is 12.5 Å². The standard InChI is InChI=1S/C26H34ClN3O3/c1-20-18-21(13-14-22(20)27)33-17-9-8-16-30-24-11-6-5-10-23(24)29-25(30)12-4-3-7-15-28-26(31)19-32-2/h5-6,10-11,13-14,18H,3-4,7-9,12,15-17,19H2,1-2H3,(H,28,31). The Hall–Kier alpha value is -2.57. The average Bonchev–Trinajstić information content (AvgIpc) is 3.16. The maximum Gasteiger partial charge on any atom is 0.245 e. The van der Waals surface area contributed by atoms with Crippen molar-refractivity contribution in [3.8, 4) is 5.75 Å². The van der Waals surface area contributed by atoms with Gasteiger partial charge in [-0.2, -0.15) is 0 Å². The number of nitrogens with zero attached hydrogens (tertiary/aromatic N) is 2. The lowest BCUT2D eigenvalue weighted by Crippen LogP contribution is -2.27. The molecule has 178 valence electrons. The summed E-state index contributed by atoms with van der Waals surface area (Å²) in [5.41, 5.74) is 3.27. The molecule has 0 spiro atoms. The van der Waals surface area contributed by atoms with Crippen LogP contribution < -0.4 is 10.1 Å². The minimum atomic E-state index is -0.0607. The minimum absolute atomic E-state index is 0.0607. The van der Waals surface area contributed by atoms with E-state index in [0.29, 0.717) is 13.2 Å². The number of fused-ring (bicyclic) bond motifs is 1. The number of aromatic nitrogens is 2. The fourth-order valence-electron chi connectivity index (χ4n) is 3.83. The predicted octanol–water partition coefficient (Wildman–Crippen LogP) is 5.33. The quantitative estimate of drug-likeness (QED) is 0.322. The largest absolute Gasteiger partial charge is 0.494 e. The molecular weight excluding hydrogens is 438 g/mol. The van der Waals surface area contributed by atoms with Gasteiger partial charge in [-0.1, -0.05) is 30.2 Å². The minimum Gasteiger partial charge on any atom is -0.494 e. The molecule has 0 unspecified atom stereocenters. The number of imidazole rings is 1. The van der Waals surface area contributed by atoms with Gasteiger partial charge in [0.2, 0.25) is 5.91 Å². The van der Waals surface area contributed by atoms with Crippen LogP contribution in [0.2, 0.25) is 5.02 Å². The Kier molecular flexibility index (Phi) is 10.0. The summed E-state index contributed by atoms with van der Waals surface area (Å²) < 4.78 is 13.1. The second-order valence-corrected chi connectivity index (χ2v) is 8.64. The van der Waals surface area contributed by atoms with Crippen molar-refractivity contribution >= 4 is 28.5 Å². The summed E-state index contributed by atoms with van der Waals surface area (Å²) in [4.78, 5) is 16.3. The van der Waals surface area contributed by atoms with E-state index in [1.54, 1.807) is 0 Å². The van der Waals surface area contributed by atoms with Crippen molar-refractivity contribution in [2.24, 2.45) is 0 Å². The summed E-state index contributed by atoms with van der Waals surface area (Å²) in [6, 6.07) is 14.1. The number of methoxy groups -OCH3 is 1. The fraction of sp³-hybridized carbons (Fsp3) is 0.462. The van der Waals surface area contributed by atoms with Gasteiger partial charge in [-0.05, 0) is 68.5 Å². The number of halogens is 1. The molecule has 0 saturated carbocycles. The molecule has 0 radical (unpaired) electrons. The lowest BCUT2D eigenvalue weighted by Gasteiger charge is -2.11. The highest BCUT2D eigenvalue weighted by atomic mass is 35.5. The lowest BCUT2D eigenvalue weighted by molar-refractivity contribution is -0.124. The van der Waals surface area contributed by atoms with Gasteiger partial charge in [-0.25, -0.2) is 4.98 Å². The Bertz CT molecular complexity index is 1030. The van der Waals surface area contributed by atoms with E-state index in [4.69, 9.17) is 26.1 Å². The van der Waals surface area contributed by atoms with Crippen LogP contribution in [0.1, 0.15) is 43.5 Å². The Morgan fingerprint density at radius 3 is 2.76 bits per heavy atom. The van der Waals surface area contributed by atoms with Crippen LogP contribution in [0.25, 0.3) is 11.0 Å². The molecule has 7 heteroatoms. The van der Waals surface area contributed by atoms with Gasteiger partial charge < -0.3 is 19.4 Å². The third kappa shape index (κ3) is 7.76. The zero-order valence-electron chi connectivity index (χ0n) is 19.6. The van der Waals surface area contributed by atoms with Gasteiger partial charge in [-0.15, -0.1) is 0 Å². The Morgan fingerprint density at radius 1 is 1.09 bits per heavy atom. The first-order valence-electron chi connectivity index (χ1n) is 11.7. The third-order valence-electron chi connectivity index (χ3n) is 5.58. The predicted molar refractivity (Wildman–Crippen MR) is 133 cm³/mol. The number of ether oxygens (including phenoxy) is 2. The van der Waals surface area contributed by atoms with Crippen molar-refractivity contribution in [3.05, 3.63) is 58.9 Å². The highest BCUT2D eigenvalue weighted by Crippen LogP contribution is 2.22. The van der Waals surface area contributed by atoms with Crippen molar-refractivity contribution in [3.63, 3.8) is 0 Å². The number of carbonyl (C=O) groups is 1. The molecule has 1 heterocycles. The number of benzene rings is 2. The SMILES string of the molecule is COCC(=O)NCCCCCc1nc2ccccc2n1CCCCOc1ccc(Cl)c(C)c1. The molecule has 1 aromatic heterocycles. The lowest BCUT2D eigenvalue weighted by atomic mass is 10.2. The van der Waals surface area contributed by atoms with Crippen LogP contribution in [0, 0.1) is 6.92 Å². The van der Waals surface area contributed by atoms with E-state index in [1.807, 2.05) is 31.2 Å². The highest BCUT2D eigenvalue weighted by molar-refractivity contribution is 6.31. The van der Waals surface area contributed by atoms with Crippen molar-refractivity contribution < 1.29 is 14.3 Å². The normalized spacial score (nSPS) is 11.1. The number of carbonyl (C=O) groups excluding carboxylic acids is 1. The molecule has 0 saturated heterocycles. The summed E-state index contributed by atoms with van der Waals surface area (Å²) in [5.74, 6) is 1.94. The molecule has 1 N–H and O–H groups in total. The summed E-state index contributed by atoms with van der Waals surface area (Å²) in [7, 11) is 1.53. The van der Waals surface area contributed by atoms with Crippen LogP contribution >= 0.6 is 11.6 Å². The van der Waals surface area contributed by atoms with Gasteiger partial charge in [0.1, 0.15) is 18.2 Å². The summed E-state index contributed by atoms with van der Waals surface area (Å²) in [6.07, 6.45) is 5.96. The number of unbranched alkanes of at least 4 members (excludes halogenated alkanes) is 3. The number of nitrogens with one attached hydrogen (secondary N) is 1. The molecule has 0 atom stereocenters. The molecule has 0 aliphatic heterocycles. The van der Waals surface area contributed by atoms with Crippen LogP contribution in [-0.4, -0.2) is 42.3 Å². The Morgan fingerprint density at radius 2 is 1.94 bits per heavy atom. The van der Waals surface area contributed by atoms with E-state index in [1.165, 1.54) is 12.6 Å². The van der Waals surface area contributed by atoms with Gasteiger partial charge in [0.25, 0.3) is 0 Å². The van der Waals surface area contributed by atoms with Gasteiger partial charge >= 0.3 is 0 Å². The second kappa shape index (κ2) is 13.2. The molecule has 2 aromatic carbocycles. The Labute approximate surface area is 201 Å². The van der Waals surface area contributed by atoms with E-state index in [9.17, 15) is 4.79 Å². The molecule has 0 fully saturated rings. The number of hydrogen-bond acceptors (Lipinski definition) is 4. The molecule has 0 bridgehead atoms. The Balaban J connectivity index is 1.46. The molecule has 33 heavy (non-hydrogen) atoms. The van der Waals surface area contributed by atoms with Crippen molar-refractivity contribution in [2.45, 2.75) is 52.0 Å². The topological polar surface area (TPSA) is 65.4 Å². The summed E-state index contributed by atoms with van der Waals surface area (Å²) in [6.45, 7) is 4.39. The second-order valence-electron chi connectivity index (χ2n) is 8.23. The van der Waals surface area contributed by atoms with E-state index >= 15 is 0 Å². The summed E-state index contributed by atoms with van der Waals surface area (Å²) in [5, 5.41) is 3.63. The zero-order valence-corrected chi connectivity index (χ0v) is 20.4. The third-order valence-corrected chi connectivity index (χ3v) is 6.01. The van der Waals surface area contributed by atoms with Gasteiger partial charge in [0, 0.05) is 31.6 Å². The van der Waals surface area contributed by atoms with Crippen LogP contribution in [0.3, 0.4) is 0 Å². The number of amides is 1. The highest BCUT2D eigenvalue weighted by Gasteiger charge is 2.10. The van der Waals surface area contributed by atoms with Crippen molar-refractivity contribution in [2.75, 3.05) is 26.9 Å². The van der Waals surface area contributed by atoms with E-state index in [0.717, 1.165) is 72.7 Å². The van der Waals surface area contributed by atoms with Crippen molar-refractivity contribution in [1.82, 2.24) is 14.9 Å². The zero-order chi connectivity index (χ0) is 23.5. The molecule has 0 aliphatic carbocycles. The van der Waals surface area contributed by atoms with Crippen LogP contribution in [0.4, 0.5) is 0 Å². The first kappa shape index (κ1) is 25.1. The number of para-hydroxylation sites is 2. The maximum atomic E-state index is 11.4. The summed E-state index contributed by atoms with van der Waals surface area (Å²) >= 11 is 6.08. The van der Waals surface area contributed by atoms with E-state index < -0.39 is 0 Å². The van der Waals surface area contributed by atoms with Crippen LogP contribution in [-0.2, 0) is 22.5 Å². The number of aryl methyl sites for hydroxylation is 3. The first-order chi connectivity index (χ1) is 16.1. The maximum absolute atomic E-state index is 11.4.